The second-order valence-electron chi connectivity index (χ2n) is 9.11. The first-order valence-electron chi connectivity index (χ1n) is 12.6. The lowest BCUT2D eigenvalue weighted by Crippen LogP contribution is -2.29. The molecule has 0 saturated carbocycles. The van der Waals surface area contributed by atoms with Gasteiger partial charge in [-0.15, -0.1) is 0 Å². The molecular weight excluding hydrogens is 516 g/mol. The fourth-order valence-electron chi connectivity index (χ4n) is 4.20. The molecule has 1 fully saturated rings. The number of ether oxygens (including phenoxy) is 2. The predicted molar refractivity (Wildman–Crippen MR) is 150 cm³/mol. The quantitative estimate of drug-likeness (QED) is 0.0842. The number of aliphatic hydroxyl groups excluding tert-OH is 1. The highest BCUT2D eigenvalue weighted by molar-refractivity contribution is 7.17. The lowest BCUT2D eigenvalue weighted by atomic mass is 9.95. The molecule has 1 N–H and O–H groups in total. The molecule has 2 aromatic carbocycles. The maximum absolute atomic E-state index is 13.5. The predicted octanol–water partition coefficient (Wildman–Crippen LogP) is 5.91. The molecule has 3 aromatic rings. The van der Waals surface area contributed by atoms with Gasteiger partial charge in [-0.2, -0.15) is 0 Å². The third-order valence-electron chi connectivity index (χ3n) is 6.22. The van der Waals surface area contributed by atoms with Crippen LogP contribution in [0, 0.1) is 13.8 Å². The number of amides is 1. The van der Waals surface area contributed by atoms with E-state index in [1.54, 1.807) is 43.3 Å². The van der Waals surface area contributed by atoms with Crippen molar-refractivity contribution in [3.8, 4) is 5.75 Å². The summed E-state index contributed by atoms with van der Waals surface area (Å²) >= 11 is 0.950. The van der Waals surface area contributed by atoms with E-state index in [-0.39, 0.29) is 27.9 Å². The number of Topliss-reactive ketones (excluding diaryl/α,β-unsaturated/α-hetero) is 1. The molecule has 202 valence electrons. The Hall–Kier alpha value is -4.24. The Balaban J connectivity index is 1.86. The van der Waals surface area contributed by atoms with Crippen LogP contribution in [0.4, 0.5) is 5.13 Å². The molecule has 2 heterocycles. The van der Waals surface area contributed by atoms with E-state index < -0.39 is 23.7 Å². The Morgan fingerprint density at radius 1 is 1.18 bits per heavy atom. The SMILES string of the molecule is C=CCOC(=O)c1sc(N2C(=O)C(=O)C(=C(O)c3ccc(C)cc3)C2c2cccc(OCCCC)c2)nc1C. The number of esters is 1. The fraction of sp³-hybridized carbons (Fsp3) is 0.267. The minimum atomic E-state index is -0.997. The van der Waals surface area contributed by atoms with Crippen molar-refractivity contribution < 1.29 is 29.0 Å². The summed E-state index contributed by atoms with van der Waals surface area (Å²) in [6.07, 6.45) is 3.30. The first kappa shape index (κ1) is 27.8. The van der Waals surface area contributed by atoms with Crippen molar-refractivity contribution in [2.45, 2.75) is 39.7 Å². The molecule has 0 bridgehead atoms. The molecule has 1 aliphatic rings. The van der Waals surface area contributed by atoms with Gasteiger partial charge >= 0.3 is 11.9 Å². The van der Waals surface area contributed by atoms with Gasteiger partial charge in [0.15, 0.2) is 5.13 Å². The number of anilines is 1. The smallest absolute Gasteiger partial charge is 0.350 e. The molecule has 1 saturated heterocycles. The highest BCUT2D eigenvalue weighted by atomic mass is 32.1. The van der Waals surface area contributed by atoms with Crippen LogP contribution in [-0.2, 0) is 14.3 Å². The molecule has 0 spiro atoms. The molecule has 1 amide bonds. The minimum absolute atomic E-state index is 0.0252. The van der Waals surface area contributed by atoms with Crippen molar-refractivity contribution in [1.82, 2.24) is 4.98 Å². The summed E-state index contributed by atoms with van der Waals surface area (Å²) in [5, 5.41) is 11.5. The summed E-state index contributed by atoms with van der Waals surface area (Å²) in [7, 11) is 0. The number of hydrogen-bond donors (Lipinski definition) is 1. The molecular formula is C30H30N2O6S. The fourth-order valence-corrected chi connectivity index (χ4v) is 5.18. The van der Waals surface area contributed by atoms with Gasteiger partial charge in [0.25, 0.3) is 5.78 Å². The van der Waals surface area contributed by atoms with Crippen molar-refractivity contribution in [1.29, 1.82) is 0 Å². The van der Waals surface area contributed by atoms with Gasteiger partial charge in [0, 0.05) is 5.56 Å². The topological polar surface area (TPSA) is 106 Å². The van der Waals surface area contributed by atoms with Crippen molar-refractivity contribution in [3.63, 3.8) is 0 Å². The molecule has 39 heavy (non-hydrogen) atoms. The first-order valence-corrected chi connectivity index (χ1v) is 13.4. The molecule has 0 radical (unpaired) electrons. The number of ketones is 1. The largest absolute Gasteiger partial charge is 0.507 e. The third kappa shape index (κ3) is 5.78. The van der Waals surface area contributed by atoms with Gasteiger partial charge in [-0.1, -0.05) is 79.3 Å². The molecule has 9 heteroatoms. The molecule has 1 aromatic heterocycles. The Morgan fingerprint density at radius 2 is 1.92 bits per heavy atom. The number of aromatic nitrogens is 1. The summed E-state index contributed by atoms with van der Waals surface area (Å²) in [6.45, 7) is 9.70. The van der Waals surface area contributed by atoms with Gasteiger partial charge < -0.3 is 14.6 Å². The average Bonchev–Trinajstić information content (AvgIpc) is 3.44. The number of rotatable bonds is 10. The van der Waals surface area contributed by atoms with Crippen LogP contribution in [0.2, 0.25) is 0 Å². The van der Waals surface area contributed by atoms with Crippen LogP contribution >= 0.6 is 11.3 Å². The second-order valence-corrected chi connectivity index (χ2v) is 10.1. The monoisotopic (exact) mass is 546 g/mol. The van der Waals surface area contributed by atoms with Crippen LogP contribution in [0.15, 0.2) is 66.8 Å². The van der Waals surface area contributed by atoms with Crippen LogP contribution < -0.4 is 9.64 Å². The van der Waals surface area contributed by atoms with Crippen LogP contribution in [0.25, 0.3) is 5.76 Å². The van der Waals surface area contributed by atoms with Crippen LogP contribution in [0.1, 0.15) is 57.9 Å². The number of aryl methyl sites for hydroxylation is 2. The summed E-state index contributed by atoms with van der Waals surface area (Å²) in [4.78, 5) is 45.4. The zero-order valence-electron chi connectivity index (χ0n) is 22.1. The average molecular weight is 547 g/mol. The van der Waals surface area contributed by atoms with Gasteiger partial charge in [0.1, 0.15) is 23.0 Å². The summed E-state index contributed by atoms with van der Waals surface area (Å²) in [5.74, 6) is -2.03. The molecule has 4 rings (SSSR count). The zero-order valence-corrected chi connectivity index (χ0v) is 22.9. The lowest BCUT2D eigenvalue weighted by molar-refractivity contribution is -0.132. The number of carbonyl (C=O) groups excluding carboxylic acids is 3. The van der Waals surface area contributed by atoms with Crippen molar-refractivity contribution in [2.24, 2.45) is 0 Å². The maximum Gasteiger partial charge on any atom is 0.350 e. The Morgan fingerprint density at radius 3 is 2.62 bits per heavy atom. The molecule has 1 unspecified atom stereocenters. The van der Waals surface area contributed by atoms with E-state index in [1.165, 1.54) is 11.0 Å². The van der Waals surface area contributed by atoms with E-state index in [1.807, 2.05) is 19.1 Å². The van der Waals surface area contributed by atoms with Gasteiger partial charge in [-0.05, 0) is 38.0 Å². The normalized spacial score (nSPS) is 16.4. The summed E-state index contributed by atoms with van der Waals surface area (Å²) < 4.78 is 11.0. The Kier molecular flexibility index (Phi) is 8.61. The Labute approximate surface area is 231 Å². The third-order valence-corrected chi connectivity index (χ3v) is 7.36. The summed E-state index contributed by atoms with van der Waals surface area (Å²) in [5.41, 5.74) is 2.23. The van der Waals surface area contributed by atoms with Gasteiger partial charge in [-0.3, -0.25) is 14.5 Å². The highest BCUT2D eigenvalue weighted by Crippen LogP contribution is 2.44. The van der Waals surface area contributed by atoms with Gasteiger partial charge in [0.2, 0.25) is 0 Å². The Bertz CT molecular complexity index is 1440. The number of carbonyl (C=O) groups is 3. The number of nitrogens with zero attached hydrogens (tertiary/aromatic N) is 2. The number of unbranched alkanes of at least 4 members (excludes halogenated alkanes) is 1. The minimum Gasteiger partial charge on any atom is -0.507 e. The standard InChI is InChI=1S/C30H30N2O6S/c1-5-7-16-37-22-10-8-9-21(17-22)24-23(25(33)20-13-11-18(3)12-14-20)26(34)28(35)32(24)30-31-19(4)27(39-30)29(36)38-15-6-2/h6,8-14,17,24,33H,2,5,7,15-16H2,1,3-4H3. The van der Waals surface area contributed by atoms with Gasteiger partial charge in [-0.25, -0.2) is 9.78 Å². The van der Waals surface area contributed by atoms with E-state index in [9.17, 15) is 19.5 Å². The van der Waals surface area contributed by atoms with E-state index in [0.717, 1.165) is 29.7 Å². The van der Waals surface area contributed by atoms with Crippen LogP contribution in [-0.4, -0.2) is 41.0 Å². The molecule has 0 aliphatic carbocycles. The van der Waals surface area contributed by atoms with Crippen molar-refractivity contribution in [3.05, 3.63) is 94.0 Å². The number of hydrogen-bond acceptors (Lipinski definition) is 8. The van der Waals surface area contributed by atoms with E-state index in [0.29, 0.717) is 29.2 Å². The number of aliphatic hydroxyl groups is 1. The van der Waals surface area contributed by atoms with E-state index in [2.05, 4.69) is 18.5 Å². The zero-order chi connectivity index (χ0) is 28.1. The summed E-state index contributed by atoms with van der Waals surface area (Å²) in [6, 6.07) is 13.1. The van der Waals surface area contributed by atoms with Crippen molar-refractivity contribution in [2.75, 3.05) is 18.1 Å². The molecule has 1 atom stereocenters. The van der Waals surface area contributed by atoms with Crippen LogP contribution in [0.3, 0.4) is 0 Å². The highest BCUT2D eigenvalue weighted by Gasteiger charge is 2.48. The lowest BCUT2D eigenvalue weighted by Gasteiger charge is -2.23. The van der Waals surface area contributed by atoms with Gasteiger partial charge in [0.05, 0.1) is 23.9 Å². The number of benzene rings is 2. The van der Waals surface area contributed by atoms with E-state index >= 15 is 0 Å². The second kappa shape index (κ2) is 12.1. The maximum atomic E-state index is 13.5. The molecule has 1 aliphatic heterocycles. The molecule has 8 nitrogen and oxygen atoms in total. The van der Waals surface area contributed by atoms with E-state index in [4.69, 9.17) is 9.47 Å². The first-order chi connectivity index (χ1) is 18.8. The number of thiazole rings is 1. The van der Waals surface area contributed by atoms with Crippen molar-refractivity contribution >= 4 is 39.9 Å². The van der Waals surface area contributed by atoms with Crippen LogP contribution in [0.5, 0.6) is 5.75 Å².